The van der Waals surface area contributed by atoms with Gasteiger partial charge in [-0.2, -0.15) is 0 Å². The van der Waals surface area contributed by atoms with Crippen LogP contribution in [0.1, 0.15) is 71.3 Å². The summed E-state index contributed by atoms with van der Waals surface area (Å²) >= 11 is 0. The number of amides is 1. The second-order valence-corrected chi connectivity index (χ2v) is 9.89. The van der Waals surface area contributed by atoms with E-state index in [4.69, 9.17) is 9.15 Å². The highest BCUT2D eigenvalue weighted by Crippen LogP contribution is 2.41. The lowest BCUT2D eigenvalue weighted by Crippen LogP contribution is -2.29. The number of esters is 1. The molecule has 6 nitrogen and oxygen atoms in total. The molecule has 0 saturated heterocycles. The zero-order valence-corrected chi connectivity index (χ0v) is 20.7. The number of fused-ring (bicyclic) bond motifs is 2. The van der Waals surface area contributed by atoms with Crippen LogP contribution in [0.25, 0.3) is 11.0 Å². The van der Waals surface area contributed by atoms with Crippen molar-refractivity contribution in [3.05, 3.63) is 111 Å². The molecule has 4 aromatic rings. The monoisotopic (exact) mass is 481 g/mol. The second kappa shape index (κ2) is 8.79. The van der Waals surface area contributed by atoms with Gasteiger partial charge in [-0.15, -0.1) is 0 Å². The smallest absolute Gasteiger partial charge is 0.338 e. The molecule has 36 heavy (non-hydrogen) atoms. The van der Waals surface area contributed by atoms with Crippen LogP contribution in [0.2, 0.25) is 0 Å². The molecule has 3 aromatic carbocycles. The van der Waals surface area contributed by atoms with Crippen molar-refractivity contribution in [2.45, 2.75) is 39.2 Å². The van der Waals surface area contributed by atoms with Crippen molar-refractivity contribution in [2.24, 2.45) is 0 Å². The Morgan fingerprint density at radius 2 is 1.61 bits per heavy atom. The van der Waals surface area contributed by atoms with Crippen LogP contribution >= 0.6 is 0 Å². The van der Waals surface area contributed by atoms with E-state index >= 15 is 0 Å². The van der Waals surface area contributed by atoms with E-state index in [0.29, 0.717) is 27.8 Å². The van der Waals surface area contributed by atoms with Crippen molar-refractivity contribution < 1.29 is 18.7 Å². The van der Waals surface area contributed by atoms with Gasteiger partial charge >= 0.3 is 5.97 Å². The number of nitrogens with zero attached hydrogens (tertiary/aromatic N) is 1. The Kier molecular flexibility index (Phi) is 5.75. The number of ether oxygens (including phenoxy) is 1. The minimum Gasteiger partial charge on any atom is -0.462 e. The van der Waals surface area contributed by atoms with E-state index in [9.17, 15) is 14.4 Å². The van der Waals surface area contributed by atoms with Gasteiger partial charge in [-0.25, -0.2) is 4.79 Å². The fraction of sp³-hybridized carbons (Fsp3) is 0.233. The normalized spacial score (nSPS) is 15.3. The van der Waals surface area contributed by atoms with E-state index in [2.05, 4.69) is 20.8 Å². The summed E-state index contributed by atoms with van der Waals surface area (Å²) in [6.07, 6.45) is 0. The fourth-order valence-electron chi connectivity index (χ4n) is 4.64. The van der Waals surface area contributed by atoms with Gasteiger partial charge in [-0.3, -0.25) is 14.5 Å². The quantitative estimate of drug-likeness (QED) is 0.333. The highest BCUT2D eigenvalue weighted by Gasteiger charge is 2.43. The standard InChI is InChI=1S/C30H27NO5/c1-5-35-29(34)19-12-16-21(17-13-19)31-25(18-10-14-20(15-11-18)30(2,3)4)24-26(32)22-8-6-7-9-23(22)36-27(24)28(31)33/h6-17,25H,5H2,1-4H3. The Morgan fingerprint density at radius 1 is 0.944 bits per heavy atom. The van der Waals surface area contributed by atoms with Gasteiger partial charge in [0, 0.05) is 5.69 Å². The predicted molar refractivity (Wildman–Crippen MR) is 139 cm³/mol. The first-order valence-electron chi connectivity index (χ1n) is 12.0. The summed E-state index contributed by atoms with van der Waals surface area (Å²) in [6.45, 7) is 8.42. The molecule has 0 fully saturated rings. The first-order valence-corrected chi connectivity index (χ1v) is 12.0. The summed E-state index contributed by atoms with van der Waals surface area (Å²) < 4.78 is 11.1. The molecule has 1 aliphatic rings. The van der Waals surface area contributed by atoms with E-state index in [-0.39, 0.29) is 23.2 Å². The van der Waals surface area contributed by atoms with Crippen LogP contribution in [0.3, 0.4) is 0 Å². The fourth-order valence-corrected chi connectivity index (χ4v) is 4.64. The zero-order chi connectivity index (χ0) is 25.6. The van der Waals surface area contributed by atoms with Crippen molar-refractivity contribution >= 4 is 28.5 Å². The molecule has 2 heterocycles. The Hall–Kier alpha value is -4.19. The van der Waals surface area contributed by atoms with E-state index in [1.165, 1.54) is 0 Å². The van der Waals surface area contributed by atoms with E-state index in [1.807, 2.05) is 24.3 Å². The molecule has 1 aromatic heterocycles. The summed E-state index contributed by atoms with van der Waals surface area (Å²) in [4.78, 5) is 41.1. The van der Waals surface area contributed by atoms with Crippen molar-refractivity contribution in [1.29, 1.82) is 0 Å². The van der Waals surface area contributed by atoms with Crippen molar-refractivity contribution in [1.82, 2.24) is 0 Å². The molecule has 1 unspecified atom stereocenters. The maximum Gasteiger partial charge on any atom is 0.338 e. The third-order valence-electron chi connectivity index (χ3n) is 6.53. The third kappa shape index (κ3) is 3.88. The van der Waals surface area contributed by atoms with Crippen LogP contribution in [0.4, 0.5) is 5.69 Å². The highest BCUT2D eigenvalue weighted by atomic mass is 16.5. The maximum atomic E-state index is 13.7. The number of rotatable bonds is 4. The first kappa shape index (κ1) is 23.5. The summed E-state index contributed by atoms with van der Waals surface area (Å²) in [6, 6.07) is 20.9. The average molecular weight is 482 g/mol. The van der Waals surface area contributed by atoms with Crippen LogP contribution in [0.15, 0.2) is 82.0 Å². The van der Waals surface area contributed by atoms with E-state index in [1.54, 1.807) is 60.4 Å². The maximum absolute atomic E-state index is 13.7. The largest absolute Gasteiger partial charge is 0.462 e. The third-order valence-corrected chi connectivity index (χ3v) is 6.53. The molecule has 5 rings (SSSR count). The molecule has 0 radical (unpaired) electrons. The Labute approximate surface area is 209 Å². The Morgan fingerprint density at radius 3 is 2.25 bits per heavy atom. The summed E-state index contributed by atoms with van der Waals surface area (Å²) in [5.74, 6) is -0.794. The van der Waals surface area contributed by atoms with Crippen molar-refractivity contribution in [3.8, 4) is 0 Å². The van der Waals surface area contributed by atoms with Crippen LogP contribution in [-0.2, 0) is 10.2 Å². The summed E-state index contributed by atoms with van der Waals surface area (Å²) in [5.41, 5.74) is 3.30. The highest BCUT2D eigenvalue weighted by molar-refractivity contribution is 6.10. The zero-order valence-electron chi connectivity index (χ0n) is 20.7. The number of hydrogen-bond donors (Lipinski definition) is 0. The van der Waals surface area contributed by atoms with Crippen LogP contribution in [-0.4, -0.2) is 18.5 Å². The van der Waals surface area contributed by atoms with Crippen LogP contribution in [0, 0.1) is 0 Å². The number of hydrogen-bond acceptors (Lipinski definition) is 5. The topological polar surface area (TPSA) is 76.8 Å². The summed E-state index contributed by atoms with van der Waals surface area (Å²) in [7, 11) is 0. The van der Waals surface area contributed by atoms with Gasteiger partial charge in [0.15, 0.2) is 5.43 Å². The number of anilines is 1. The molecule has 1 amide bonds. The predicted octanol–water partition coefficient (Wildman–Crippen LogP) is 6.02. The average Bonchev–Trinajstić information content (AvgIpc) is 3.16. The van der Waals surface area contributed by atoms with Crippen LogP contribution < -0.4 is 10.3 Å². The lowest BCUT2D eigenvalue weighted by atomic mass is 9.86. The van der Waals surface area contributed by atoms with Gasteiger partial charge in [0.2, 0.25) is 5.76 Å². The molecular formula is C30H27NO5. The minimum atomic E-state index is -0.671. The van der Waals surface area contributed by atoms with Gasteiger partial charge in [0.05, 0.1) is 29.2 Å². The lowest BCUT2D eigenvalue weighted by molar-refractivity contribution is 0.0526. The molecule has 0 saturated carbocycles. The molecule has 182 valence electrons. The SMILES string of the molecule is CCOC(=O)c1ccc(N2C(=O)c3oc4ccccc4c(=O)c3C2c2ccc(C(C)(C)C)cc2)cc1. The first-order chi connectivity index (χ1) is 17.2. The van der Waals surface area contributed by atoms with Gasteiger partial charge in [-0.1, -0.05) is 57.2 Å². The molecular weight excluding hydrogens is 454 g/mol. The van der Waals surface area contributed by atoms with Gasteiger partial charge < -0.3 is 9.15 Å². The molecule has 1 aliphatic heterocycles. The van der Waals surface area contributed by atoms with Gasteiger partial charge in [-0.05, 0) is 59.9 Å². The van der Waals surface area contributed by atoms with Crippen LogP contribution in [0.5, 0.6) is 0 Å². The van der Waals surface area contributed by atoms with E-state index < -0.39 is 17.9 Å². The molecule has 1 atom stereocenters. The lowest BCUT2D eigenvalue weighted by Gasteiger charge is -2.26. The molecule has 0 N–H and O–H groups in total. The second-order valence-electron chi connectivity index (χ2n) is 9.89. The summed E-state index contributed by atoms with van der Waals surface area (Å²) in [5, 5.41) is 0.430. The minimum absolute atomic E-state index is 0.0399. The van der Waals surface area contributed by atoms with Crippen molar-refractivity contribution in [2.75, 3.05) is 11.5 Å². The Balaban J connectivity index is 1.68. The number of para-hydroxylation sites is 1. The molecule has 0 spiro atoms. The van der Waals surface area contributed by atoms with Gasteiger partial charge in [0.25, 0.3) is 5.91 Å². The van der Waals surface area contributed by atoms with E-state index in [0.717, 1.165) is 11.1 Å². The number of carbonyl (C=O) groups is 2. The van der Waals surface area contributed by atoms with Gasteiger partial charge in [0.1, 0.15) is 5.58 Å². The van der Waals surface area contributed by atoms with Crippen molar-refractivity contribution in [3.63, 3.8) is 0 Å². The molecule has 0 bridgehead atoms. The molecule has 0 aliphatic carbocycles. The Bertz CT molecular complexity index is 1530. The number of carbonyl (C=O) groups excluding carboxylic acids is 2. The molecule has 6 heteroatoms. The number of benzene rings is 3.